The Morgan fingerprint density at radius 3 is 1.89 bits per heavy atom. The largest absolute Gasteiger partial charge is 0.484 e. The molecule has 0 bridgehead atoms. The van der Waals surface area contributed by atoms with Gasteiger partial charge in [-0.25, -0.2) is 4.79 Å². The minimum atomic E-state index is -1.01. The predicted octanol–water partition coefficient (Wildman–Crippen LogP) is 8.82. The summed E-state index contributed by atoms with van der Waals surface area (Å²) < 4.78 is 5.93. The van der Waals surface area contributed by atoms with Crippen LogP contribution in [0.15, 0.2) is 42.5 Å². The van der Waals surface area contributed by atoms with Crippen LogP contribution >= 0.6 is 0 Å². The van der Waals surface area contributed by atoms with Gasteiger partial charge in [0.15, 0.2) is 5.75 Å². The quantitative estimate of drug-likeness (QED) is 0.130. The molecule has 2 rings (SSSR count). The lowest BCUT2D eigenvalue weighted by atomic mass is 10.0. The van der Waals surface area contributed by atoms with Crippen molar-refractivity contribution in [2.24, 2.45) is 0 Å². The number of rotatable bonds is 18. The molecule has 1 atom stereocenters. The molecular formula is C29H41NO5. The van der Waals surface area contributed by atoms with Crippen molar-refractivity contribution >= 4 is 11.7 Å². The number of unbranched alkanes of at least 4 members (excludes halogenated alkanes) is 11. The Morgan fingerprint density at radius 1 is 0.857 bits per heavy atom. The molecule has 35 heavy (non-hydrogen) atoms. The third-order valence-electron chi connectivity index (χ3n) is 6.41. The Kier molecular flexibility index (Phi) is 12.9. The maximum Gasteiger partial charge on any atom is 0.335 e. The number of nitrogens with zero attached hydrogens (tertiary/aromatic N) is 1. The van der Waals surface area contributed by atoms with Crippen molar-refractivity contribution in [3.63, 3.8) is 0 Å². The summed E-state index contributed by atoms with van der Waals surface area (Å²) in [5.74, 6) is -0.735. The van der Waals surface area contributed by atoms with Crippen molar-refractivity contribution in [3.05, 3.63) is 58.1 Å². The first-order valence-electron chi connectivity index (χ1n) is 13.2. The molecule has 0 saturated heterocycles. The van der Waals surface area contributed by atoms with E-state index in [0.29, 0.717) is 11.1 Å². The number of hydrogen-bond acceptors (Lipinski definition) is 4. The van der Waals surface area contributed by atoms with Crippen LogP contribution in [0.4, 0.5) is 5.69 Å². The summed E-state index contributed by atoms with van der Waals surface area (Å²) in [4.78, 5) is 22.3. The van der Waals surface area contributed by atoms with Gasteiger partial charge < -0.3 is 9.84 Å². The average Bonchev–Trinajstić information content (AvgIpc) is 2.85. The van der Waals surface area contributed by atoms with Crippen molar-refractivity contribution < 1.29 is 19.6 Å². The number of nitro benzene ring substituents is 1. The van der Waals surface area contributed by atoms with Gasteiger partial charge >= 0.3 is 11.7 Å². The Morgan fingerprint density at radius 2 is 1.37 bits per heavy atom. The zero-order valence-electron chi connectivity index (χ0n) is 21.3. The predicted molar refractivity (Wildman–Crippen MR) is 141 cm³/mol. The zero-order valence-corrected chi connectivity index (χ0v) is 21.3. The van der Waals surface area contributed by atoms with Crippen molar-refractivity contribution in [2.75, 3.05) is 0 Å². The molecule has 0 aliphatic carbocycles. The first-order chi connectivity index (χ1) is 16.9. The van der Waals surface area contributed by atoms with Crippen LogP contribution < -0.4 is 4.74 Å². The van der Waals surface area contributed by atoms with E-state index in [-0.39, 0.29) is 23.1 Å². The highest BCUT2D eigenvalue weighted by molar-refractivity contribution is 5.88. The molecule has 0 aliphatic rings. The number of carboxylic acid groups (broad SMARTS) is 1. The fraction of sp³-hybridized carbons (Fsp3) is 0.552. The van der Waals surface area contributed by atoms with Crippen LogP contribution in [0.1, 0.15) is 108 Å². The summed E-state index contributed by atoms with van der Waals surface area (Å²) in [6, 6.07) is 11.2. The van der Waals surface area contributed by atoms with Gasteiger partial charge in [0.05, 0.1) is 16.6 Å². The maximum atomic E-state index is 11.7. The number of ether oxygens (including phenoxy) is 1. The molecule has 2 aromatic rings. The second kappa shape index (κ2) is 15.9. The van der Waals surface area contributed by atoms with Crippen LogP contribution in [0, 0.1) is 10.1 Å². The Bertz CT molecular complexity index is 910. The number of carbonyl (C=O) groups is 1. The summed E-state index contributed by atoms with van der Waals surface area (Å²) in [6.07, 6.45) is 16.3. The zero-order chi connectivity index (χ0) is 25.5. The average molecular weight is 484 g/mol. The van der Waals surface area contributed by atoms with Crippen molar-refractivity contribution in [3.8, 4) is 16.9 Å². The number of aromatic carboxylic acids is 1. The lowest BCUT2D eigenvalue weighted by molar-refractivity contribution is -0.386. The first-order valence-corrected chi connectivity index (χ1v) is 13.2. The van der Waals surface area contributed by atoms with E-state index in [2.05, 4.69) is 6.92 Å². The maximum absolute atomic E-state index is 11.7. The Balaban J connectivity index is 1.73. The van der Waals surface area contributed by atoms with Gasteiger partial charge in [-0.05, 0) is 49.1 Å². The van der Waals surface area contributed by atoms with Crippen molar-refractivity contribution in [1.29, 1.82) is 0 Å². The standard InChI is InChI=1S/C29H41NO5/c1-3-4-5-6-7-8-9-10-11-12-13-14-15-23(2)35-28-21-20-26(22-27(28)30(33)34)24-16-18-25(19-17-24)29(31)32/h16-23H,3-15H2,1-2H3,(H,31,32). The molecule has 0 saturated carbocycles. The lowest BCUT2D eigenvalue weighted by Gasteiger charge is -2.15. The van der Waals surface area contributed by atoms with Gasteiger partial charge in [0.2, 0.25) is 0 Å². The molecule has 0 aliphatic heterocycles. The highest BCUT2D eigenvalue weighted by Crippen LogP contribution is 2.33. The normalized spacial score (nSPS) is 11.8. The van der Waals surface area contributed by atoms with Crippen LogP contribution in [-0.2, 0) is 0 Å². The Hall–Kier alpha value is -2.89. The molecule has 0 aromatic heterocycles. The van der Waals surface area contributed by atoms with Gasteiger partial charge in [-0.1, -0.05) is 95.8 Å². The summed E-state index contributed by atoms with van der Waals surface area (Å²) in [5.41, 5.74) is 1.46. The molecular weight excluding hydrogens is 442 g/mol. The van der Waals surface area contributed by atoms with Crippen molar-refractivity contribution in [1.82, 2.24) is 0 Å². The van der Waals surface area contributed by atoms with Gasteiger partial charge in [0.25, 0.3) is 0 Å². The summed E-state index contributed by atoms with van der Waals surface area (Å²) >= 11 is 0. The summed E-state index contributed by atoms with van der Waals surface area (Å²) in [7, 11) is 0. The van der Waals surface area contributed by atoms with Gasteiger partial charge in [-0.15, -0.1) is 0 Å². The molecule has 0 amide bonds. The molecule has 192 valence electrons. The number of benzene rings is 2. The molecule has 6 heteroatoms. The van der Waals surface area contributed by atoms with Crippen LogP contribution in [0.3, 0.4) is 0 Å². The second-order valence-electron chi connectivity index (χ2n) is 9.43. The Labute approximate surface area is 209 Å². The molecule has 6 nitrogen and oxygen atoms in total. The van der Waals surface area contributed by atoms with Gasteiger partial charge in [-0.3, -0.25) is 10.1 Å². The molecule has 1 unspecified atom stereocenters. The second-order valence-corrected chi connectivity index (χ2v) is 9.43. The van der Waals surface area contributed by atoms with E-state index in [1.54, 1.807) is 24.3 Å². The van der Waals surface area contributed by atoms with Crippen LogP contribution in [-0.4, -0.2) is 22.1 Å². The number of nitro groups is 1. The van der Waals surface area contributed by atoms with Crippen LogP contribution in [0.2, 0.25) is 0 Å². The van der Waals surface area contributed by atoms with E-state index in [0.717, 1.165) is 19.3 Å². The highest BCUT2D eigenvalue weighted by Gasteiger charge is 2.19. The molecule has 0 radical (unpaired) electrons. The minimum Gasteiger partial charge on any atom is -0.484 e. The monoisotopic (exact) mass is 483 g/mol. The minimum absolute atomic E-state index is 0.0774. The molecule has 0 heterocycles. The van der Waals surface area contributed by atoms with Crippen molar-refractivity contribution in [2.45, 2.75) is 103 Å². The van der Waals surface area contributed by atoms with Crippen LogP contribution in [0.25, 0.3) is 11.1 Å². The van der Waals surface area contributed by atoms with E-state index in [9.17, 15) is 14.9 Å². The molecule has 2 aromatic carbocycles. The molecule has 0 fully saturated rings. The third kappa shape index (κ3) is 10.5. The number of hydrogen-bond donors (Lipinski definition) is 1. The smallest absolute Gasteiger partial charge is 0.335 e. The van der Waals surface area contributed by atoms with Gasteiger partial charge in [0, 0.05) is 6.07 Å². The molecule has 1 N–H and O–H groups in total. The van der Waals surface area contributed by atoms with E-state index < -0.39 is 10.9 Å². The fourth-order valence-corrected chi connectivity index (χ4v) is 4.29. The van der Waals surface area contributed by atoms with Crippen LogP contribution in [0.5, 0.6) is 5.75 Å². The first kappa shape index (κ1) is 28.3. The summed E-state index contributed by atoms with van der Waals surface area (Å²) in [6.45, 7) is 4.21. The highest BCUT2D eigenvalue weighted by atomic mass is 16.6. The lowest BCUT2D eigenvalue weighted by Crippen LogP contribution is -2.12. The van der Waals surface area contributed by atoms with E-state index in [1.807, 2.05) is 6.92 Å². The fourth-order valence-electron chi connectivity index (χ4n) is 4.29. The van der Waals surface area contributed by atoms with Gasteiger partial charge in [0.1, 0.15) is 0 Å². The van der Waals surface area contributed by atoms with E-state index >= 15 is 0 Å². The molecule has 0 spiro atoms. The van der Waals surface area contributed by atoms with E-state index in [4.69, 9.17) is 9.84 Å². The van der Waals surface area contributed by atoms with Gasteiger partial charge in [-0.2, -0.15) is 0 Å². The SMILES string of the molecule is CCCCCCCCCCCCCCC(C)Oc1ccc(-c2ccc(C(=O)O)cc2)cc1[N+](=O)[O-]. The number of carboxylic acids is 1. The summed E-state index contributed by atoms with van der Waals surface area (Å²) in [5, 5.41) is 20.7. The van der Waals surface area contributed by atoms with E-state index in [1.165, 1.54) is 82.4 Å². The topological polar surface area (TPSA) is 89.7 Å². The third-order valence-corrected chi connectivity index (χ3v) is 6.41.